The van der Waals surface area contributed by atoms with Crippen molar-refractivity contribution in [1.82, 2.24) is 10.2 Å². The SMILES string of the molecule is CN(C)CCNCc1ccc(-c2ccccc2F)o1.Cl.Cl. The van der Waals surface area contributed by atoms with Crippen LogP contribution in [0, 0.1) is 5.82 Å². The van der Waals surface area contributed by atoms with Crippen LogP contribution in [0.1, 0.15) is 5.76 Å². The van der Waals surface area contributed by atoms with Gasteiger partial charge in [-0.3, -0.25) is 0 Å². The van der Waals surface area contributed by atoms with E-state index in [0.717, 1.165) is 18.8 Å². The monoisotopic (exact) mass is 334 g/mol. The van der Waals surface area contributed by atoms with Crippen LogP contribution in [0.5, 0.6) is 0 Å². The van der Waals surface area contributed by atoms with E-state index in [1.165, 1.54) is 6.07 Å². The smallest absolute Gasteiger partial charge is 0.137 e. The van der Waals surface area contributed by atoms with Crippen LogP contribution in [0.25, 0.3) is 11.3 Å². The van der Waals surface area contributed by atoms with Crippen molar-refractivity contribution < 1.29 is 8.81 Å². The van der Waals surface area contributed by atoms with E-state index >= 15 is 0 Å². The van der Waals surface area contributed by atoms with Gasteiger partial charge in [-0.15, -0.1) is 24.8 Å². The highest BCUT2D eigenvalue weighted by molar-refractivity contribution is 5.85. The molecule has 0 aliphatic heterocycles. The summed E-state index contributed by atoms with van der Waals surface area (Å²) >= 11 is 0. The maximum atomic E-state index is 13.6. The van der Waals surface area contributed by atoms with Crippen molar-refractivity contribution in [3.63, 3.8) is 0 Å². The van der Waals surface area contributed by atoms with Crippen LogP contribution in [0.15, 0.2) is 40.8 Å². The third-order valence-electron chi connectivity index (χ3n) is 2.84. The summed E-state index contributed by atoms with van der Waals surface area (Å²) in [6.07, 6.45) is 0. The van der Waals surface area contributed by atoms with E-state index in [1.54, 1.807) is 24.3 Å². The molecule has 2 aromatic rings. The standard InChI is InChI=1S/C15H19FN2O.2ClH/c1-18(2)10-9-17-11-12-7-8-15(19-12)13-5-3-4-6-14(13)16;;/h3-8,17H,9-11H2,1-2H3;2*1H. The van der Waals surface area contributed by atoms with E-state index < -0.39 is 0 Å². The van der Waals surface area contributed by atoms with Crippen LogP contribution in [-0.4, -0.2) is 32.1 Å². The van der Waals surface area contributed by atoms with Crippen molar-refractivity contribution in [2.45, 2.75) is 6.54 Å². The average molecular weight is 335 g/mol. The maximum Gasteiger partial charge on any atom is 0.137 e. The van der Waals surface area contributed by atoms with E-state index in [2.05, 4.69) is 10.2 Å². The minimum atomic E-state index is -0.260. The molecule has 6 heteroatoms. The molecule has 0 radical (unpaired) electrons. The number of halogens is 3. The number of hydrogen-bond acceptors (Lipinski definition) is 3. The van der Waals surface area contributed by atoms with E-state index in [0.29, 0.717) is 17.9 Å². The normalized spacial score (nSPS) is 10.1. The van der Waals surface area contributed by atoms with Crippen molar-refractivity contribution in [2.75, 3.05) is 27.2 Å². The van der Waals surface area contributed by atoms with Crippen LogP contribution < -0.4 is 5.32 Å². The second kappa shape index (κ2) is 9.79. The Morgan fingerprint density at radius 2 is 1.81 bits per heavy atom. The first-order valence-electron chi connectivity index (χ1n) is 6.36. The van der Waals surface area contributed by atoms with Gasteiger partial charge in [0.15, 0.2) is 0 Å². The molecule has 0 saturated carbocycles. The highest BCUT2D eigenvalue weighted by atomic mass is 35.5. The zero-order chi connectivity index (χ0) is 13.7. The summed E-state index contributed by atoms with van der Waals surface area (Å²) < 4.78 is 19.2. The minimum Gasteiger partial charge on any atom is -0.460 e. The van der Waals surface area contributed by atoms with Gasteiger partial charge in [-0.05, 0) is 38.4 Å². The van der Waals surface area contributed by atoms with Gasteiger partial charge in [0.1, 0.15) is 17.3 Å². The summed E-state index contributed by atoms with van der Waals surface area (Å²) in [7, 11) is 4.07. The van der Waals surface area contributed by atoms with Gasteiger partial charge >= 0.3 is 0 Å². The highest BCUT2D eigenvalue weighted by Gasteiger charge is 2.08. The Morgan fingerprint density at radius 1 is 1.10 bits per heavy atom. The second-order valence-electron chi connectivity index (χ2n) is 4.73. The molecule has 118 valence electrons. The van der Waals surface area contributed by atoms with E-state index in [1.807, 2.05) is 20.2 Å². The first-order chi connectivity index (χ1) is 9.16. The molecule has 0 atom stereocenters. The number of furan rings is 1. The van der Waals surface area contributed by atoms with Crippen molar-refractivity contribution in [2.24, 2.45) is 0 Å². The summed E-state index contributed by atoms with van der Waals surface area (Å²) in [5, 5.41) is 3.28. The molecule has 0 aliphatic carbocycles. The van der Waals surface area contributed by atoms with E-state index in [9.17, 15) is 4.39 Å². The van der Waals surface area contributed by atoms with Gasteiger partial charge in [0, 0.05) is 13.1 Å². The summed E-state index contributed by atoms with van der Waals surface area (Å²) in [5.74, 6) is 1.13. The van der Waals surface area contributed by atoms with Crippen molar-refractivity contribution in [1.29, 1.82) is 0 Å². The fourth-order valence-corrected chi connectivity index (χ4v) is 1.79. The molecule has 1 N–H and O–H groups in total. The lowest BCUT2D eigenvalue weighted by atomic mass is 10.1. The van der Waals surface area contributed by atoms with Gasteiger partial charge in [-0.1, -0.05) is 12.1 Å². The number of rotatable bonds is 6. The molecular weight excluding hydrogens is 314 g/mol. The van der Waals surface area contributed by atoms with Crippen molar-refractivity contribution in [3.8, 4) is 11.3 Å². The van der Waals surface area contributed by atoms with Gasteiger partial charge in [0.05, 0.1) is 12.1 Å². The lowest BCUT2D eigenvalue weighted by molar-refractivity contribution is 0.392. The minimum absolute atomic E-state index is 0. The number of nitrogens with one attached hydrogen (secondary N) is 1. The van der Waals surface area contributed by atoms with Gasteiger partial charge in [-0.2, -0.15) is 0 Å². The van der Waals surface area contributed by atoms with Crippen LogP contribution in [0.4, 0.5) is 4.39 Å². The van der Waals surface area contributed by atoms with Gasteiger partial charge in [-0.25, -0.2) is 4.39 Å². The lowest BCUT2D eigenvalue weighted by Crippen LogP contribution is -2.25. The molecule has 0 bridgehead atoms. The zero-order valence-corrected chi connectivity index (χ0v) is 13.8. The zero-order valence-electron chi connectivity index (χ0n) is 12.1. The Hall–Kier alpha value is -1.07. The topological polar surface area (TPSA) is 28.4 Å². The van der Waals surface area contributed by atoms with Gasteiger partial charge in [0.25, 0.3) is 0 Å². The first kappa shape index (κ1) is 19.9. The fourth-order valence-electron chi connectivity index (χ4n) is 1.79. The van der Waals surface area contributed by atoms with Crippen LogP contribution in [0.3, 0.4) is 0 Å². The molecule has 21 heavy (non-hydrogen) atoms. The summed E-state index contributed by atoms with van der Waals surface area (Å²) in [6.45, 7) is 2.52. The quantitative estimate of drug-likeness (QED) is 0.818. The molecule has 0 unspecified atom stereocenters. The number of likely N-dealkylation sites (N-methyl/N-ethyl adjacent to an activating group) is 1. The number of nitrogens with zero attached hydrogens (tertiary/aromatic N) is 1. The number of hydrogen-bond donors (Lipinski definition) is 1. The molecule has 1 heterocycles. The molecule has 3 nitrogen and oxygen atoms in total. The Balaban J connectivity index is 0.00000200. The van der Waals surface area contributed by atoms with Crippen LogP contribution >= 0.6 is 24.8 Å². The van der Waals surface area contributed by atoms with E-state index in [4.69, 9.17) is 4.42 Å². The first-order valence-corrected chi connectivity index (χ1v) is 6.36. The van der Waals surface area contributed by atoms with Gasteiger partial charge < -0.3 is 14.6 Å². The Bertz CT molecular complexity index is 532. The van der Waals surface area contributed by atoms with Crippen LogP contribution in [0.2, 0.25) is 0 Å². The predicted octanol–water partition coefficient (Wildman–Crippen LogP) is 3.58. The summed E-state index contributed by atoms with van der Waals surface area (Å²) in [6, 6.07) is 10.3. The maximum absolute atomic E-state index is 13.6. The van der Waals surface area contributed by atoms with Crippen molar-refractivity contribution in [3.05, 3.63) is 48.0 Å². The number of benzene rings is 1. The largest absolute Gasteiger partial charge is 0.460 e. The van der Waals surface area contributed by atoms with Crippen molar-refractivity contribution >= 4 is 24.8 Å². The molecule has 0 fully saturated rings. The third kappa shape index (κ3) is 6.06. The molecule has 2 rings (SSSR count). The lowest BCUT2D eigenvalue weighted by Gasteiger charge is -2.09. The average Bonchev–Trinajstić information content (AvgIpc) is 2.83. The molecule has 1 aromatic heterocycles. The van der Waals surface area contributed by atoms with Gasteiger partial charge in [0.2, 0.25) is 0 Å². The third-order valence-corrected chi connectivity index (χ3v) is 2.84. The van der Waals surface area contributed by atoms with E-state index in [-0.39, 0.29) is 30.6 Å². The van der Waals surface area contributed by atoms with Crippen LogP contribution in [-0.2, 0) is 6.54 Å². The Morgan fingerprint density at radius 3 is 2.48 bits per heavy atom. The Kier molecular flexibility index (Phi) is 9.29. The molecule has 0 saturated heterocycles. The second-order valence-corrected chi connectivity index (χ2v) is 4.73. The molecule has 0 aliphatic rings. The fraction of sp³-hybridized carbons (Fsp3) is 0.333. The molecule has 0 amide bonds. The highest BCUT2D eigenvalue weighted by Crippen LogP contribution is 2.24. The molecule has 1 aromatic carbocycles. The molecular formula is C15H21Cl2FN2O. The summed E-state index contributed by atoms with van der Waals surface area (Å²) in [4.78, 5) is 2.11. The predicted molar refractivity (Wildman–Crippen MR) is 88.9 cm³/mol. The summed E-state index contributed by atoms with van der Waals surface area (Å²) in [5.41, 5.74) is 0.502. The molecule has 0 spiro atoms. The Labute approximate surface area is 137 Å².